The SMILES string of the molecule is CC(=O)[C@@H](NC(=O)CNC(=O)C(=O)[C@@H]1CCC/C=C\CC[C@H](NC(=O)OCC(C)C)C(=O)N2CCC[C@H]2C(=O)N1)c1ccccc1. The molecule has 250 valence electrons. The number of alkyl carbamates (subject to hydrolysis) is 1. The van der Waals surface area contributed by atoms with Gasteiger partial charge in [0.1, 0.15) is 18.1 Å². The third kappa shape index (κ3) is 10.8. The minimum absolute atomic E-state index is 0.119. The molecule has 1 fully saturated rings. The van der Waals surface area contributed by atoms with Crippen LogP contribution >= 0.6 is 0 Å². The lowest BCUT2D eigenvalue weighted by Gasteiger charge is -2.29. The summed E-state index contributed by atoms with van der Waals surface area (Å²) in [6.07, 6.45) is 5.98. The second-order valence-corrected chi connectivity index (χ2v) is 12.0. The summed E-state index contributed by atoms with van der Waals surface area (Å²) in [4.78, 5) is 91.6. The Morgan fingerprint density at radius 2 is 1.70 bits per heavy atom. The number of ketones is 2. The maximum absolute atomic E-state index is 13.6. The third-order valence-electron chi connectivity index (χ3n) is 7.74. The standard InChI is InChI=1S/C33H45N5O8/c1-21(2)20-46-33(45)36-25-16-11-6-4-5-10-15-24(35-30(42)26-17-12-18-38(26)32(25)44)29(41)31(43)34-19-27(40)37-28(22(3)39)23-13-8-7-9-14-23/h4,6-9,13-14,21,24-26,28H,5,10-12,15-20H2,1-3H3,(H,34,43)(H,35,42)(H,36,45)(H,37,40)/b6-4-/t24-,25-,26-,28+/m0/s1. The van der Waals surface area contributed by atoms with Gasteiger partial charge in [0.2, 0.25) is 23.5 Å². The first kappa shape index (κ1) is 35.9. The summed E-state index contributed by atoms with van der Waals surface area (Å²) in [6.45, 7) is 5.07. The minimum Gasteiger partial charge on any atom is -0.449 e. The van der Waals surface area contributed by atoms with Crippen molar-refractivity contribution in [3.63, 3.8) is 0 Å². The van der Waals surface area contributed by atoms with E-state index in [9.17, 15) is 33.6 Å². The summed E-state index contributed by atoms with van der Waals surface area (Å²) >= 11 is 0. The zero-order chi connectivity index (χ0) is 33.6. The lowest BCUT2D eigenvalue weighted by Crippen LogP contribution is -2.56. The number of carbonyl (C=O) groups is 7. The van der Waals surface area contributed by atoms with Crippen LogP contribution in [-0.2, 0) is 33.5 Å². The van der Waals surface area contributed by atoms with Crippen LogP contribution in [0.3, 0.4) is 0 Å². The van der Waals surface area contributed by atoms with Crippen LogP contribution in [0.25, 0.3) is 0 Å². The van der Waals surface area contributed by atoms with E-state index < -0.39 is 66.2 Å². The van der Waals surface area contributed by atoms with Gasteiger partial charge in [0, 0.05) is 6.54 Å². The van der Waals surface area contributed by atoms with Crippen molar-refractivity contribution in [1.82, 2.24) is 26.2 Å². The van der Waals surface area contributed by atoms with Gasteiger partial charge in [0.15, 0.2) is 5.78 Å². The van der Waals surface area contributed by atoms with Gasteiger partial charge in [-0.2, -0.15) is 0 Å². The Balaban J connectivity index is 1.66. The summed E-state index contributed by atoms with van der Waals surface area (Å²) in [7, 11) is 0. The summed E-state index contributed by atoms with van der Waals surface area (Å²) < 4.78 is 5.21. The molecule has 0 spiro atoms. The summed E-state index contributed by atoms with van der Waals surface area (Å²) in [6, 6.07) is 4.74. The molecule has 0 aromatic heterocycles. The summed E-state index contributed by atoms with van der Waals surface area (Å²) in [5, 5.41) is 10.2. The summed E-state index contributed by atoms with van der Waals surface area (Å²) in [5.41, 5.74) is 0.579. The van der Waals surface area contributed by atoms with Gasteiger partial charge in [-0.15, -0.1) is 0 Å². The molecule has 13 heteroatoms. The molecule has 13 nitrogen and oxygen atoms in total. The number of Topliss-reactive ketones (excluding diaryl/α,β-unsaturated/α-hetero) is 2. The van der Waals surface area contributed by atoms with Gasteiger partial charge in [0.05, 0.1) is 19.2 Å². The number of hydrogen-bond acceptors (Lipinski definition) is 8. The van der Waals surface area contributed by atoms with Crippen LogP contribution in [0, 0.1) is 5.92 Å². The molecule has 46 heavy (non-hydrogen) atoms. The highest BCUT2D eigenvalue weighted by molar-refractivity contribution is 6.38. The smallest absolute Gasteiger partial charge is 0.407 e. The van der Waals surface area contributed by atoms with Crippen LogP contribution in [0.5, 0.6) is 0 Å². The van der Waals surface area contributed by atoms with Gasteiger partial charge < -0.3 is 30.9 Å². The molecule has 0 aliphatic carbocycles. The highest BCUT2D eigenvalue weighted by Gasteiger charge is 2.39. The molecule has 4 N–H and O–H groups in total. The molecule has 1 saturated heterocycles. The largest absolute Gasteiger partial charge is 0.449 e. The molecule has 2 aliphatic heterocycles. The zero-order valence-electron chi connectivity index (χ0n) is 26.7. The molecule has 5 amide bonds. The fourth-order valence-corrected chi connectivity index (χ4v) is 5.35. The molecule has 1 aromatic carbocycles. The van der Waals surface area contributed by atoms with Crippen molar-refractivity contribution in [1.29, 1.82) is 0 Å². The number of fused-ring (bicyclic) bond motifs is 1. The first-order chi connectivity index (χ1) is 22.0. The van der Waals surface area contributed by atoms with Crippen LogP contribution in [0.4, 0.5) is 4.79 Å². The van der Waals surface area contributed by atoms with Crippen molar-refractivity contribution >= 4 is 41.3 Å². The predicted octanol–water partition coefficient (Wildman–Crippen LogP) is 1.87. The number of amides is 5. The maximum atomic E-state index is 13.6. The monoisotopic (exact) mass is 639 g/mol. The molecule has 2 heterocycles. The molecule has 0 bridgehead atoms. The van der Waals surface area contributed by atoms with Crippen molar-refractivity contribution in [3.05, 3.63) is 48.0 Å². The number of nitrogens with zero attached hydrogens (tertiary/aromatic N) is 1. The quantitative estimate of drug-likeness (QED) is 0.221. The van der Waals surface area contributed by atoms with Crippen LogP contribution in [0.1, 0.15) is 77.3 Å². The van der Waals surface area contributed by atoms with Crippen molar-refractivity contribution < 1.29 is 38.3 Å². The first-order valence-corrected chi connectivity index (χ1v) is 15.8. The van der Waals surface area contributed by atoms with E-state index in [0.29, 0.717) is 50.6 Å². The Kier molecular flexibility index (Phi) is 13.9. The second kappa shape index (κ2) is 17.8. The summed E-state index contributed by atoms with van der Waals surface area (Å²) in [5.74, 6) is -3.82. The molecule has 2 aliphatic rings. The van der Waals surface area contributed by atoms with E-state index in [1.807, 2.05) is 26.0 Å². The average molecular weight is 640 g/mol. The van der Waals surface area contributed by atoms with E-state index in [4.69, 9.17) is 4.74 Å². The van der Waals surface area contributed by atoms with Crippen molar-refractivity contribution in [2.24, 2.45) is 5.92 Å². The number of ether oxygens (including phenoxy) is 1. The number of nitrogens with one attached hydrogen (secondary N) is 4. The molecular weight excluding hydrogens is 594 g/mol. The van der Waals surface area contributed by atoms with Gasteiger partial charge in [-0.05, 0) is 63.4 Å². The van der Waals surface area contributed by atoms with Gasteiger partial charge in [0.25, 0.3) is 5.91 Å². The van der Waals surface area contributed by atoms with Crippen molar-refractivity contribution in [2.75, 3.05) is 19.7 Å². The minimum atomic E-state index is -1.18. The van der Waals surface area contributed by atoms with Crippen LogP contribution in [0.15, 0.2) is 42.5 Å². The van der Waals surface area contributed by atoms with Crippen LogP contribution in [0.2, 0.25) is 0 Å². The number of hydrogen-bond donors (Lipinski definition) is 4. The molecule has 3 rings (SSSR count). The van der Waals surface area contributed by atoms with Gasteiger partial charge in [-0.1, -0.05) is 56.3 Å². The topological polar surface area (TPSA) is 180 Å². The molecule has 0 saturated carbocycles. The van der Waals surface area contributed by atoms with E-state index >= 15 is 0 Å². The Morgan fingerprint density at radius 3 is 2.39 bits per heavy atom. The number of rotatable bonds is 10. The second-order valence-electron chi connectivity index (χ2n) is 12.0. The fourth-order valence-electron chi connectivity index (χ4n) is 5.35. The lowest BCUT2D eigenvalue weighted by atomic mass is 10.0. The van der Waals surface area contributed by atoms with E-state index in [1.54, 1.807) is 30.3 Å². The number of allylic oxidation sites excluding steroid dienone is 2. The normalized spacial score (nSPS) is 22.0. The number of carbonyl (C=O) groups excluding carboxylic acids is 7. The Labute approximate surface area is 269 Å². The molecule has 4 atom stereocenters. The average Bonchev–Trinajstić information content (AvgIpc) is 3.53. The molecule has 0 unspecified atom stereocenters. The first-order valence-electron chi connectivity index (χ1n) is 15.8. The molecule has 0 radical (unpaired) electrons. The van der Waals surface area contributed by atoms with Crippen molar-refractivity contribution in [3.8, 4) is 0 Å². The Morgan fingerprint density at radius 1 is 0.978 bits per heavy atom. The Bertz CT molecular complexity index is 1300. The van der Waals surface area contributed by atoms with Gasteiger partial charge in [-0.3, -0.25) is 28.8 Å². The van der Waals surface area contributed by atoms with Crippen LogP contribution < -0.4 is 21.3 Å². The zero-order valence-corrected chi connectivity index (χ0v) is 26.7. The van der Waals surface area contributed by atoms with Crippen molar-refractivity contribution in [2.45, 2.75) is 89.9 Å². The van der Waals surface area contributed by atoms with E-state index in [1.165, 1.54) is 11.8 Å². The highest BCUT2D eigenvalue weighted by Crippen LogP contribution is 2.21. The predicted molar refractivity (Wildman–Crippen MR) is 168 cm³/mol. The third-order valence-corrected chi connectivity index (χ3v) is 7.74. The van der Waals surface area contributed by atoms with E-state index in [0.717, 1.165) is 0 Å². The molecular formula is C33H45N5O8. The van der Waals surface area contributed by atoms with Gasteiger partial charge >= 0.3 is 6.09 Å². The van der Waals surface area contributed by atoms with Gasteiger partial charge in [-0.25, -0.2) is 4.79 Å². The highest BCUT2D eigenvalue weighted by atomic mass is 16.5. The number of benzene rings is 1. The maximum Gasteiger partial charge on any atom is 0.407 e. The van der Waals surface area contributed by atoms with E-state index in [-0.39, 0.29) is 24.7 Å². The fraction of sp³-hybridized carbons (Fsp3) is 0.545. The molecule has 1 aromatic rings. The van der Waals surface area contributed by atoms with E-state index in [2.05, 4.69) is 21.3 Å². The Hall–Kier alpha value is -4.55. The van der Waals surface area contributed by atoms with Crippen LogP contribution in [-0.4, -0.2) is 84.0 Å². The lowest BCUT2D eigenvalue weighted by molar-refractivity contribution is -0.143.